The second kappa shape index (κ2) is 4.82. The Balaban J connectivity index is 2.17. The molecule has 0 bridgehead atoms. The molecule has 3 nitrogen and oxygen atoms in total. The van der Waals surface area contributed by atoms with Crippen LogP contribution in [0.25, 0.3) is 0 Å². The van der Waals surface area contributed by atoms with Gasteiger partial charge in [0.15, 0.2) is 11.6 Å². The molecule has 0 saturated carbocycles. The van der Waals surface area contributed by atoms with Crippen molar-refractivity contribution in [2.24, 2.45) is 0 Å². The molecule has 0 saturated heterocycles. The standard InChI is InChI=1S/C13H14FN3/c1-9(10-4-2-5-11(15)8-10)17-13-12(14)6-3-7-16-13/h2-9H,15H2,1H3,(H,16,17). The summed E-state index contributed by atoms with van der Waals surface area (Å²) in [5.74, 6) is -0.106. The highest BCUT2D eigenvalue weighted by Crippen LogP contribution is 2.20. The number of aromatic nitrogens is 1. The van der Waals surface area contributed by atoms with Gasteiger partial charge in [-0.15, -0.1) is 0 Å². The maximum atomic E-state index is 13.4. The van der Waals surface area contributed by atoms with E-state index in [0.29, 0.717) is 5.69 Å². The second-order valence-electron chi connectivity index (χ2n) is 3.87. The summed E-state index contributed by atoms with van der Waals surface area (Å²) in [6, 6.07) is 10.4. The lowest BCUT2D eigenvalue weighted by Crippen LogP contribution is -2.09. The summed E-state index contributed by atoms with van der Waals surface area (Å²) in [6.07, 6.45) is 1.55. The first kappa shape index (κ1) is 11.4. The van der Waals surface area contributed by atoms with Crippen LogP contribution in [0.1, 0.15) is 18.5 Å². The summed E-state index contributed by atoms with van der Waals surface area (Å²) in [6.45, 7) is 1.93. The molecule has 4 heteroatoms. The Morgan fingerprint density at radius 2 is 2.12 bits per heavy atom. The Hall–Kier alpha value is -2.10. The number of nitrogens with one attached hydrogen (secondary N) is 1. The van der Waals surface area contributed by atoms with Crippen molar-refractivity contribution in [1.82, 2.24) is 4.98 Å². The van der Waals surface area contributed by atoms with Crippen molar-refractivity contribution < 1.29 is 4.39 Å². The fraction of sp³-hybridized carbons (Fsp3) is 0.154. The summed E-state index contributed by atoms with van der Waals surface area (Å²) in [7, 11) is 0. The van der Waals surface area contributed by atoms with Crippen molar-refractivity contribution >= 4 is 11.5 Å². The largest absolute Gasteiger partial charge is 0.399 e. The number of nitrogen functional groups attached to an aromatic ring is 1. The van der Waals surface area contributed by atoms with Crippen molar-refractivity contribution in [2.75, 3.05) is 11.1 Å². The number of nitrogens with two attached hydrogens (primary N) is 1. The second-order valence-corrected chi connectivity index (χ2v) is 3.87. The lowest BCUT2D eigenvalue weighted by Gasteiger charge is -2.15. The van der Waals surface area contributed by atoms with E-state index in [2.05, 4.69) is 10.3 Å². The van der Waals surface area contributed by atoms with Gasteiger partial charge in [-0.3, -0.25) is 0 Å². The molecule has 2 rings (SSSR count). The molecule has 1 atom stereocenters. The van der Waals surface area contributed by atoms with Crippen LogP contribution in [-0.2, 0) is 0 Å². The first-order valence-corrected chi connectivity index (χ1v) is 5.39. The van der Waals surface area contributed by atoms with Gasteiger partial charge in [-0.25, -0.2) is 9.37 Å². The van der Waals surface area contributed by atoms with Crippen LogP contribution in [0.4, 0.5) is 15.9 Å². The molecule has 1 unspecified atom stereocenters. The van der Waals surface area contributed by atoms with Gasteiger partial charge in [-0.1, -0.05) is 12.1 Å². The molecular weight excluding hydrogens is 217 g/mol. The molecule has 0 aliphatic rings. The molecule has 0 fully saturated rings. The molecule has 1 aromatic carbocycles. The number of anilines is 2. The van der Waals surface area contributed by atoms with Gasteiger partial charge >= 0.3 is 0 Å². The van der Waals surface area contributed by atoms with Gasteiger partial charge < -0.3 is 11.1 Å². The van der Waals surface area contributed by atoms with E-state index in [4.69, 9.17) is 5.73 Å². The third-order valence-corrected chi connectivity index (χ3v) is 2.52. The van der Waals surface area contributed by atoms with Gasteiger partial charge in [0.25, 0.3) is 0 Å². The molecule has 0 spiro atoms. The molecule has 2 aromatic rings. The highest BCUT2D eigenvalue weighted by atomic mass is 19.1. The maximum absolute atomic E-state index is 13.4. The van der Waals surface area contributed by atoms with Gasteiger partial charge in [-0.05, 0) is 36.8 Å². The quantitative estimate of drug-likeness (QED) is 0.798. The van der Waals surface area contributed by atoms with Crippen LogP contribution in [0.2, 0.25) is 0 Å². The normalized spacial score (nSPS) is 12.1. The number of nitrogens with zero attached hydrogens (tertiary/aromatic N) is 1. The average Bonchev–Trinajstić information content (AvgIpc) is 2.32. The molecule has 1 aromatic heterocycles. The fourth-order valence-corrected chi connectivity index (χ4v) is 1.61. The number of hydrogen-bond acceptors (Lipinski definition) is 3. The van der Waals surface area contributed by atoms with E-state index in [9.17, 15) is 4.39 Å². The predicted molar refractivity (Wildman–Crippen MR) is 67.1 cm³/mol. The van der Waals surface area contributed by atoms with Gasteiger partial charge in [0, 0.05) is 11.9 Å². The number of hydrogen-bond donors (Lipinski definition) is 2. The van der Waals surface area contributed by atoms with Crippen LogP contribution in [0.15, 0.2) is 42.6 Å². The van der Waals surface area contributed by atoms with Crippen LogP contribution in [0.5, 0.6) is 0 Å². The first-order chi connectivity index (χ1) is 8.16. The number of benzene rings is 1. The SMILES string of the molecule is CC(Nc1ncccc1F)c1cccc(N)c1. The average molecular weight is 231 g/mol. The number of halogens is 1. The Labute approximate surface area is 99.5 Å². The number of rotatable bonds is 3. The molecule has 88 valence electrons. The molecule has 3 N–H and O–H groups in total. The van der Waals surface area contributed by atoms with Gasteiger partial charge in [-0.2, -0.15) is 0 Å². The zero-order valence-electron chi connectivity index (χ0n) is 9.52. The summed E-state index contributed by atoms with van der Waals surface area (Å²) in [5, 5.41) is 3.01. The van der Waals surface area contributed by atoms with E-state index in [1.54, 1.807) is 12.3 Å². The van der Waals surface area contributed by atoms with E-state index in [1.807, 2.05) is 31.2 Å². The molecular formula is C13H14FN3. The fourth-order valence-electron chi connectivity index (χ4n) is 1.61. The Bertz CT molecular complexity index is 514. The smallest absolute Gasteiger partial charge is 0.165 e. The van der Waals surface area contributed by atoms with Crippen molar-refractivity contribution in [3.8, 4) is 0 Å². The van der Waals surface area contributed by atoms with Crippen molar-refractivity contribution in [2.45, 2.75) is 13.0 Å². The minimum atomic E-state index is -0.358. The monoisotopic (exact) mass is 231 g/mol. The maximum Gasteiger partial charge on any atom is 0.165 e. The van der Waals surface area contributed by atoms with E-state index in [-0.39, 0.29) is 17.7 Å². The summed E-state index contributed by atoms with van der Waals surface area (Å²) in [4.78, 5) is 3.95. The minimum Gasteiger partial charge on any atom is -0.399 e. The molecule has 0 aliphatic heterocycles. The molecule has 1 heterocycles. The third kappa shape index (κ3) is 2.72. The van der Waals surface area contributed by atoms with E-state index in [0.717, 1.165) is 5.56 Å². The molecule has 0 amide bonds. The lowest BCUT2D eigenvalue weighted by atomic mass is 10.1. The van der Waals surface area contributed by atoms with Crippen LogP contribution in [0.3, 0.4) is 0 Å². The highest BCUT2D eigenvalue weighted by Gasteiger charge is 2.09. The molecule has 17 heavy (non-hydrogen) atoms. The Morgan fingerprint density at radius 1 is 1.29 bits per heavy atom. The van der Waals surface area contributed by atoms with E-state index < -0.39 is 0 Å². The summed E-state index contributed by atoms with van der Waals surface area (Å²) < 4.78 is 13.4. The lowest BCUT2D eigenvalue weighted by molar-refractivity contribution is 0.621. The minimum absolute atomic E-state index is 0.0529. The topological polar surface area (TPSA) is 50.9 Å². The van der Waals surface area contributed by atoms with E-state index in [1.165, 1.54) is 6.07 Å². The highest BCUT2D eigenvalue weighted by molar-refractivity contribution is 5.45. The van der Waals surface area contributed by atoms with Gasteiger partial charge in [0.2, 0.25) is 0 Å². The van der Waals surface area contributed by atoms with Crippen LogP contribution >= 0.6 is 0 Å². The predicted octanol–water partition coefficient (Wildman–Crippen LogP) is 2.98. The van der Waals surface area contributed by atoms with Crippen LogP contribution in [0, 0.1) is 5.82 Å². The molecule has 0 radical (unpaired) electrons. The Morgan fingerprint density at radius 3 is 2.82 bits per heavy atom. The van der Waals surface area contributed by atoms with Gasteiger partial charge in [0.05, 0.1) is 6.04 Å². The Kier molecular flexibility index (Phi) is 3.23. The first-order valence-electron chi connectivity index (χ1n) is 5.39. The number of pyridine rings is 1. The van der Waals surface area contributed by atoms with Crippen LogP contribution in [-0.4, -0.2) is 4.98 Å². The van der Waals surface area contributed by atoms with Crippen molar-refractivity contribution in [1.29, 1.82) is 0 Å². The summed E-state index contributed by atoms with van der Waals surface area (Å²) in [5.41, 5.74) is 7.39. The molecule has 0 aliphatic carbocycles. The van der Waals surface area contributed by atoms with Crippen molar-refractivity contribution in [3.05, 3.63) is 54.0 Å². The van der Waals surface area contributed by atoms with Crippen molar-refractivity contribution in [3.63, 3.8) is 0 Å². The third-order valence-electron chi connectivity index (χ3n) is 2.52. The summed E-state index contributed by atoms with van der Waals surface area (Å²) >= 11 is 0. The van der Waals surface area contributed by atoms with Crippen LogP contribution < -0.4 is 11.1 Å². The zero-order chi connectivity index (χ0) is 12.3. The zero-order valence-corrected chi connectivity index (χ0v) is 9.52. The van der Waals surface area contributed by atoms with E-state index >= 15 is 0 Å². The van der Waals surface area contributed by atoms with Gasteiger partial charge in [0.1, 0.15) is 0 Å².